The maximum atomic E-state index is 14.3. The monoisotopic (exact) mass is 517 g/mol. The summed E-state index contributed by atoms with van der Waals surface area (Å²) in [5, 5.41) is 0.310. The number of benzene rings is 2. The van der Waals surface area contributed by atoms with Crippen LogP contribution in [-0.4, -0.2) is 36.7 Å². The normalized spacial score (nSPS) is 17.0. The van der Waals surface area contributed by atoms with Crippen LogP contribution in [0.5, 0.6) is 0 Å². The molecule has 1 unspecified atom stereocenters. The van der Waals surface area contributed by atoms with Gasteiger partial charge in [-0.25, -0.2) is 22.2 Å². The number of hydrogen-bond donors (Lipinski definition) is 0. The van der Waals surface area contributed by atoms with Gasteiger partial charge < -0.3 is 4.42 Å². The van der Waals surface area contributed by atoms with E-state index in [-0.39, 0.29) is 36.0 Å². The third-order valence-corrected chi connectivity index (χ3v) is 8.86. The Balaban J connectivity index is 1.44. The minimum atomic E-state index is -3.90. The largest absolute Gasteiger partial charge is 0.467 e. The highest BCUT2D eigenvalue weighted by atomic mass is 32.2. The first-order valence-electron chi connectivity index (χ1n) is 11.0. The molecule has 1 amide bonds. The summed E-state index contributed by atoms with van der Waals surface area (Å²) >= 11 is 1.18. The second-order valence-electron chi connectivity index (χ2n) is 8.24. The van der Waals surface area contributed by atoms with Crippen LogP contribution in [0.1, 0.15) is 18.6 Å². The summed E-state index contributed by atoms with van der Waals surface area (Å²) in [6, 6.07) is 12.7. The molecule has 3 heterocycles. The number of nitrogens with zero attached hydrogens (tertiary/aromatic N) is 3. The molecule has 2 aromatic heterocycles. The second kappa shape index (κ2) is 9.48. The van der Waals surface area contributed by atoms with Crippen molar-refractivity contribution in [2.24, 2.45) is 5.92 Å². The lowest BCUT2D eigenvalue weighted by Crippen LogP contribution is -2.46. The molecule has 5 rings (SSSR count). The van der Waals surface area contributed by atoms with E-state index in [0.717, 1.165) is 12.1 Å². The molecule has 0 aliphatic carbocycles. The minimum Gasteiger partial charge on any atom is -0.467 e. The summed E-state index contributed by atoms with van der Waals surface area (Å²) in [4.78, 5) is 19.5. The third kappa shape index (κ3) is 4.71. The van der Waals surface area contributed by atoms with Crippen LogP contribution in [0.25, 0.3) is 10.2 Å². The van der Waals surface area contributed by atoms with Crippen molar-refractivity contribution in [1.82, 2.24) is 9.29 Å². The van der Waals surface area contributed by atoms with E-state index in [1.807, 2.05) is 0 Å². The molecule has 1 atom stereocenters. The molecular formula is C24H21F2N3O4S2. The molecule has 1 saturated heterocycles. The highest BCUT2D eigenvalue weighted by Crippen LogP contribution is 2.34. The van der Waals surface area contributed by atoms with Crippen molar-refractivity contribution in [2.45, 2.75) is 24.3 Å². The third-order valence-electron chi connectivity index (χ3n) is 5.93. The van der Waals surface area contributed by atoms with Crippen LogP contribution in [-0.2, 0) is 21.4 Å². The first kappa shape index (κ1) is 23.6. The maximum Gasteiger partial charge on any atom is 0.243 e. The number of para-hydroxylation sites is 1. The number of thiazole rings is 1. The number of furan rings is 1. The smallest absolute Gasteiger partial charge is 0.243 e. The van der Waals surface area contributed by atoms with Crippen LogP contribution in [0, 0.1) is 17.6 Å². The SMILES string of the molecule is O=C(C1CCCN(S(=O)(=O)c2ccc(F)cc2)C1)N(Cc1ccco1)c1nc2c(F)cccc2s1. The number of hydrogen-bond acceptors (Lipinski definition) is 6. The molecule has 35 heavy (non-hydrogen) atoms. The Kier molecular flexibility index (Phi) is 6.39. The van der Waals surface area contributed by atoms with Gasteiger partial charge >= 0.3 is 0 Å². The number of carbonyl (C=O) groups excluding carboxylic acids is 1. The lowest BCUT2D eigenvalue weighted by atomic mass is 9.98. The lowest BCUT2D eigenvalue weighted by Gasteiger charge is -2.33. The molecule has 182 valence electrons. The van der Waals surface area contributed by atoms with E-state index in [9.17, 15) is 22.0 Å². The molecular weight excluding hydrogens is 496 g/mol. The predicted octanol–water partition coefficient (Wildman–Crippen LogP) is 4.80. The van der Waals surface area contributed by atoms with Crippen LogP contribution in [0.3, 0.4) is 0 Å². The van der Waals surface area contributed by atoms with Crippen molar-refractivity contribution in [3.8, 4) is 0 Å². The number of rotatable bonds is 6. The van der Waals surface area contributed by atoms with Gasteiger partial charge in [-0.3, -0.25) is 9.69 Å². The quantitative estimate of drug-likeness (QED) is 0.367. The van der Waals surface area contributed by atoms with Crippen LogP contribution in [0.4, 0.5) is 13.9 Å². The molecule has 1 fully saturated rings. The maximum absolute atomic E-state index is 14.3. The molecule has 7 nitrogen and oxygen atoms in total. The lowest BCUT2D eigenvalue weighted by molar-refractivity contribution is -0.123. The fourth-order valence-electron chi connectivity index (χ4n) is 4.16. The first-order chi connectivity index (χ1) is 16.8. The Hall–Kier alpha value is -3.15. The number of aromatic nitrogens is 1. The van der Waals surface area contributed by atoms with E-state index in [1.54, 1.807) is 24.3 Å². The summed E-state index contributed by atoms with van der Waals surface area (Å²) in [5.41, 5.74) is 0.175. The van der Waals surface area contributed by atoms with E-state index in [2.05, 4.69) is 4.98 Å². The molecule has 4 aromatic rings. The van der Waals surface area contributed by atoms with Gasteiger partial charge in [-0.2, -0.15) is 4.31 Å². The molecule has 0 spiro atoms. The van der Waals surface area contributed by atoms with Gasteiger partial charge in [0.2, 0.25) is 15.9 Å². The van der Waals surface area contributed by atoms with Crippen molar-refractivity contribution < 1.29 is 26.4 Å². The Morgan fingerprint density at radius 3 is 2.66 bits per heavy atom. The second-order valence-corrected chi connectivity index (χ2v) is 11.2. The van der Waals surface area contributed by atoms with Crippen LogP contribution < -0.4 is 4.90 Å². The Morgan fingerprint density at radius 2 is 1.94 bits per heavy atom. The van der Waals surface area contributed by atoms with Gasteiger partial charge in [-0.15, -0.1) is 0 Å². The summed E-state index contributed by atoms with van der Waals surface area (Å²) < 4.78 is 61.1. The number of amides is 1. The summed E-state index contributed by atoms with van der Waals surface area (Å²) in [6.07, 6.45) is 2.47. The number of halogens is 2. The van der Waals surface area contributed by atoms with Crippen molar-refractivity contribution in [3.63, 3.8) is 0 Å². The molecule has 0 saturated carbocycles. The summed E-state index contributed by atoms with van der Waals surface area (Å²) in [5.74, 6) is -1.45. The Bertz CT molecular complexity index is 1450. The standard InChI is InChI=1S/C24H21F2N3O4S2/c25-17-8-10-19(11-9-17)35(31,32)28-12-2-4-16(14-28)23(30)29(15-18-5-3-13-33-18)24-27-22-20(26)6-1-7-21(22)34-24/h1,3,5-11,13,16H,2,4,12,14-15H2. The number of anilines is 1. The zero-order chi connectivity index (χ0) is 24.6. The molecule has 2 aromatic carbocycles. The van der Waals surface area contributed by atoms with Gasteiger partial charge in [-0.1, -0.05) is 17.4 Å². The zero-order valence-corrected chi connectivity index (χ0v) is 20.1. The highest BCUT2D eigenvalue weighted by Gasteiger charge is 2.36. The molecule has 0 bridgehead atoms. The summed E-state index contributed by atoms with van der Waals surface area (Å²) in [7, 11) is -3.90. The fraction of sp³-hybridized carbons (Fsp3) is 0.250. The van der Waals surface area contributed by atoms with Gasteiger partial charge in [0.25, 0.3) is 0 Å². The predicted molar refractivity (Wildman–Crippen MR) is 127 cm³/mol. The van der Waals surface area contributed by atoms with Crippen molar-refractivity contribution in [1.29, 1.82) is 0 Å². The van der Waals surface area contributed by atoms with Gasteiger partial charge in [0, 0.05) is 13.1 Å². The molecule has 0 radical (unpaired) electrons. The van der Waals surface area contributed by atoms with Gasteiger partial charge in [0.1, 0.15) is 22.9 Å². The number of fused-ring (bicyclic) bond motifs is 1. The average Bonchev–Trinajstić information content (AvgIpc) is 3.53. The van der Waals surface area contributed by atoms with Crippen molar-refractivity contribution in [2.75, 3.05) is 18.0 Å². The molecule has 1 aliphatic heterocycles. The van der Waals surface area contributed by atoms with Gasteiger partial charge in [0.05, 0.1) is 28.3 Å². The van der Waals surface area contributed by atoms with Gasteiger partial charge in [-0.05, 0) is 61.4 Å². The Labute approximate surface area is 204 Å². The van der Waals surface area contributed by atoms with E-state index >= 15 is 0 Å². The minimum absolute atomic E-state index is 0.0214. The average molecular weight is 518 g/mol. The first-order valence-corrected chi connectivity index (χ1v) is 13.2. The number of piperidine rings is 1. The van der Waals surface area contributed by atoms with Crippen LogP contribution in [0.15, 0.2) is 70.2 Å². The Morgan fingerprint density at radius 1 is 1.14 bits per heavy atom. The van der Waals surface area contributed by atoms with Crippen molar-refractivity contribution in [3.05, 3.63) is 78.3 Å². The van der Waals surface area contributed by atoms with E-state index in [4.69, 9.17) is 4.42 Å². The zero-order valence-electron chi connectivity index (χ0n) is 18.4. The van der Waals surface area contributed by atoms with E-state index in [0.29, 0.717) is 28.4 Å². The van der Waals surface area contributed by atoms with Gasteiger partial charge in [0.15, 0.2) is 5.13 Å². The molecule has 0 N–H and O–H groups in total. The van der Waals surface area contributed by atoms with Crippen molar-refractivity contribution >= 4 is 42.6 Å². The molecule has 11 heteroatoms. The van der Waals surface area contributed by atoms with E-state index in [1.165, 1.54) is 45.0 Å². The van der Waals surface area contributed by atoms with Crippen LogP contribution >= 0.6 is 11.3 Å². The van der Waals surface area contributed by atoms with E-state index < -0.39 is 27.6 Å². The number of carbonyl (C=O) groups is 1. The van der Waals surface area contributed by atoms with Crippen LogP contribution in [0.2, 0.25) is 0 Å². The fourth-order valence-corrected chi connectivity index (χ4v) is 6.66. The summed E-state index contributed by atoms with van der Waals surface area (Å²) in [6.45, 7) is 0.314. The number of sulfonamides is 1. The highest BCUT2D eigenvalue weighted by molar-refractivity contribution is 7.89. The molecule has 1 aliphatic rings. The topological polar surface area (TPSA) is 83.7 Å².